The predicted octanol–water partition coefficient (Wildman–Crippen LogP) is -0.724. The summed E-state index contributed by atoms with van der Waals surface area (Å²) in [6.07, 6.45) is -0.819. The summed E-state index contributed by atoms with van der Waals surface area (Å²) in [5, 5.41) is 19.7. The van der Waals surface area contributed by atoms with Gasteiger partial charge in [0.1, 0.15) is 6.10 Å². The minimum Gasteiger partial charge on any atom is -0.389 e. The number of rotatable bonds is 3. The van der Waals surface area contributed by atoms with Gasteiger partial charge in [0.25, 0.3) is 5.56 Å². The van der Waals surface area contributed by atoms with E-state index < -0.39 is 12.2 Å². The molecule has 5 N–H and O–H groups in total. The summed E-state index contributed by atoms with van der Waals surface area (Å²) in [4.78, 5) is 17.9. The van der Waals surface area contributed by atoms with Gasteiger partial charge in [-0.15, -0.1) is 0 Å². The van der Waals surface area contributed by atoms with Crippen molar-refractivity contribution in [3.8, 4) is 0 Å². The van der Waals surface area contributed by atoms with E-state index in [0.29, 0.717) is 16.5 Å². The van der Waals surface area contributed by atoms with Gasteiger partial charge in [0.05, 0.1) is 23.3 Å². The molecule has 0 aliphatic carbocycles. The molecule has 0 amide bonds. The fourth-order valence-corrected chi connectivity index (χ4v) is 1.62. The third-order valence-electron chi connectivity index (χ3n) is 2.61. The molecule has 2 rings (SSSR count). The monoisotopic (exact) mass is 235 g/mol. The summed E-state index contributed by atoms with van der Waals surface area (Å²) in [6.45, 7) is -0.0397. The van der Waals surface area contributed by atoms with Crippen LogP contribution in [-0.2, 0) is 0 Å². The Balaban J connectivity index is 2.48. The number of benzene rings is 1. The lowest BCUT2D eigenvalue weighted by Gasteiger charge is -2.16. The fraction of sp³-hybridized carbons (Fsp3) is 0.273. The quantitative estimate of drug-likeness (QED) is 0.560. The van der Waals surface area contributed by atoms with Crippen molar-refractivity contribution in [1.29, 1.82) is 0 Å². The van der Waals surface area contributed by atoms with E-state index in [-0.39, 0.29) is 12.1 Å². The average Bonchev–Trinajstić information content (AvgIpc) is 2.37. The molecule has 17 heavy (non-hydrogen) atoms. The van der Waals surface area contributed by atoms with Crippen molar-refractivity contribution >= 4 is 10.9 Å². The lowest BCUT2D eigenvalue weighted by atomic mass is 10.0. The Morgan fingerprint density at radius 3 is 2.88 bits per heavy atom. The van der Waals surface area contributed by atoms with Gasteiger partial charge in [0.15, 0.2) is 0 Å². The van der Waals surface area contributed by atoms with Gasteiger partial charge in [-0.1, -0.05) is 6.07 Å². The zero-order chi connectivity index (χ0) is 12.4. The molecule has 1 aromatic heterocycles. The van der Waals surface area contributed by atoms with Crippen LogP contribution in [-0.4, -0.2) is 32.8 Å². The first-order valence-electron chi connectivity index (χ1n) is 5.17. The predicted molar refractivity (Wildman–Crippen MR) is 62.4 cm³/mol. The number of aromatic amines is 1. The van der Waals surface area contributed by atoms with Gasteiger partial charge in [-0.25, -0.2) is 4.98 Å². The SMILES string of the molecule is NCC(O)C(O)c1ccc2c(=O)[nH]cnc2c1. The van der Waals surface area contributed by atoms with Gasteiger partial charge in [0.2, 0.25) is 0 Å². The molecule has 0 aliphatic heterocycles. The maximum absolute atomic E-state index is 11.4. The number of nitrogens with two attached hydrogens (primary N) is 1. The first kappa shape index (κ1) is 11.7. The Hall–Kier alpha value is -1.76. The highest BCUT2D eigenvalue weighted by molar-refractivity contribution is 5.77. The minimum atomic E-state index is -1.08. The molecule has 2 atom stereocenters. The Kier molecular flexibility index (Phi) is 3.19. The van der Waals surface area contributed by atoms with Crippen LogP contribution < -0.4 is 11.3 Å². The summed E-state index contributed by atoms with van der Waals surface area (Å²) in [5.41, 5.74) is 5.97. The van der Waals surface area contributed by atoms with Crippen LogP contribution >= 0.6 is 0 Å². The van der Waals surface area contributed by atoms with Crippen molar-refractivity contribution in [2.45, 2.75) is 12.2 Å². The van der Waals surface area contributed by atoms with Crippen molar-refractivity contribution in [1.82, 2.24) is 9.97 Å². The molecular weight excluding hydrogens is 222 g/mol. The summed E-state index contributed by atoms with van der Waals surface area (Å²) in [7, 11) is 0. The zero-order valence-corrected chi connectivity index (χ0v) is 9.00. The lowest BCUT2D eigenvalue weighted by molar-refractivity contribution is 0.0244. The Labute approximate surface area is 96.7 Å². The second-order valence-electron chi connectivity index (χ2n) is 3.76. The molecule has 90 valence electrons. The third-order valence-corrected chi connectivity index (χ3v) is 2.61. The topological polar surface area (TPSA) is 112 Å². The van der Waals surface area contributed by atoms with Crippen LogP contribution in [0.15, 0.2) is 29.3 Å². The smallest absolute Gasteiger partial charge is 0.258 e. The van der Waals surface area contributed by atoms with E-state index in [2.05, 4.69) is 9.97 Å². The Morgan fingerprint density at radius 2 is 2.18 bits per heavy atom. The van der Waals surface area contributed by atoms with Crippen LogP contribution in [0.25, 0.3) is 10.9 Å². The van der Waals surface area contributed by atoms with E-state index in [1.54, 1.807) is 18.2 Å². The number of H-pyrrole nitrogens is 1. The number of hydrogen-bond donors (Lipinski definition) is 4. The summed E-state index contributed by atoms with van der Waals surface area (Å²) in [5.74, 6) is 0. The van der Waals surface area contributed by atoms with Crippen molar-refractivity contribution in [3.05, 3.63) is 40.4 Å². The second kappa shape index (κ2) is 4.62. The third kappa shape index (κ3) is 2.19. The van der Waals surface area contributed by atoms with Gasteiger partial charge in [-0.05, 0) is 17.7 Å². The van der Waals surface area contributed by atoms with Crippen molar-refractivity contribution in [2.75, 3.05) is 6.54 Å². The van der Waals surface area contributed by atoms with Crippen LogP contribution in [0.5, 0.6) is 0 Å². The van der Waals surface area contributed by atoms with E-state index in [1.165, 1.54) is 6.33 Å². The number of fused-ring (bicyclic) bond motifs is 1. The minimum absolute atomic E-state index is 0.0397. The fourth-order valence-electron chi connectivity index (χ4n) is 1.62. The van der Waals surface area contributed by atoms with E-state index in [0.717, 1.165) is 0 Å². The van der Waals surface area contributed by atoms with E-state index in [9.17, 15) is 15.0 Å². The molecule has 2 aromatic rings. The maximum atomic E-state index is 11.4. The van der Waals surface area contributed by atoms with Gasteiger partial charge >= 0.3 is 0 Å². The number of aliphatic hydroxyl groups is 2. The normalized spacial score (nSPS) is 14.8. The highest BCUT2D eigenvalue weighted by Crippen LogP contribution is 2.19. The number of aromatic nitrogens is 2. The Morgan fingerprint density at radius 1 is 1.41 bits per heavy atom. The molecule has 0 saturated heterocycles. The number of hydrogen-bond acceptors (Lipinski definition) is 5. The molecule has 1 aromatic carbocycles. The first-order chi connectivity index (χ1) is 8.13. The molecule has 0 aliphatic rings. The van der Waals surface area contributed by atoms with Gasteiger partial charge < -0.3 is 20.9 Å². The van der Waals surface area contributed by atoms with Gasteiger partial charge in [-0.3, -0.25) is 4.79 Å². The van der Waals surface area contributed by atoms with Crippen molar-refractivity contribution < 1.29 is 10.2 Å². The summed E-state index contributed by atoms with van der Waals surface area (Å²) < 4.78 is 0. The summed E-state index contributed by atoms with van der Waals surface area (Å²) in [6, 6.07) is 4.69. The number of nitrogens with one attached hydrogen (secondary N) is 1. The number of nitrogens with zero attached hydrogens (tertiary/aromatic N) is 1. The maximum Gasteiger partial charge on any atom is 0.258 e. The van der Waals surface area contributed by atoms with Gasteiger partial charge in [0, 0.05) is 6.54 Å². The molecule has 6 nitrogen and oxygen atoms in total. The first-order valence-corrected chi connectivity index (χ1v) is 5.17. The van der Waals surface area contributed by atoms with Crippen LogP contribution in [0.4, 0.5) is 0 Å². The van der Waals surface area contributed by atoms with Crippen molar-refractivity contribution in [2.24, 2.45) is 5.73 Å². The van der Waals surface area contributed by atoms with Crippen LogP contribution in [0, 0.1) is 0 Å². The largest absolute Gasteiger partial charge is 0.389 e. The molecular formula is C11H13N3O3. The molecule has 1 heterocycles. The zero-order valence-electron chi connectivity index (χ0n) is 9.00. The van der Waals surface area contributed by atoms with E-state index in [4.69, 9.17) is 5.73 Å². The molecule has 2 unspecified atom stereocenters. The number of aliphatic hydroxyl groups excluding tert-OH is 2. The van der Waals surface area contributed by atoms with Crippen molar-refractivity contribution in [3.63, 3.8) is 0 Å². The van der Waals surface area contributed by atoms with Crippen LogP contribution in [0.2, 0.25) is 0 Å². The average molecular weight is 235 g/mol. The van der Waals surface area contributed by atoms with Crippen LogP contribution in [0.1, 0.15) is 11.7 Å². The molecule has 0 radical (unpaired) electrons. The standard InChI is InChI=1S/C11H13N3O3/c12-4-9(15)10(16)6-1-2-7-8(3-6)13-5-14-11(7)17/h1-3,5,9-10,15-16H,4,12H2,(H,13,14,17). The van der Waals surface area contributed by atoms with Gasteiger partial charge in [-0.2, -0.15) is 0 Å². The lowest BCUT2D eigenvalue weighted by Crippen LogP contribution is -2.27. The highest BCUT2D eigenvalue weighted by Gasteiger charge is 2.17. The molecule has 6 heteroatoms. The highest BCUT2D eigenvalue weighted by atomic mass is 16.3. The van der Waals surface area contributed by atoms with E-state index >= 15 is 0 Å². The second-order valence-corrected chi connectivity index (χ2v) is 3.76. The molecule has 0 fully saturated rings. The Bertz CT molecular complexity index is 581. The van der Waals surface area contributed by atoms with Crippen LogP contribution in [0.3, 0.4) is 0 Å². The molecule has 0 spiro atoms. The molecule has 0 bridgehead atoms. The summed E-state index contributed by atoms with van der Waals surface area (Å²) >= 11 is 0. The van der Waals surface area contributed by atoms with E-state index in [1.807, 2.05) is 0 Å². The molecule has 0 saturated carbocycles.